The number of anilines is 1. The number of methoxy groups -OCH3 is 1. The molecule has 0 saturated carbocycles. The van der Waals surface area contributed by atoms with Crippen LogP contribution in [-0.4, -0.2) is 63.5 Å². The van der Waals surface area contributed by atoms with E-state index in [-0.39, 0.29) is 29.6 Å². The molecule has 7 aromatic carbocycles. The molecule has 2 aliphatic rings. The highest BCUT2D eigenvalue weighted by Gasteiger charge is 2.55. The monoisotopic (exact) mass is 1020 g/mol. The normalized spacial score (nSPS) is 15.7. The first-order valence-electron chi connectivity index (χ1n) is 23.5. The number of rotatable bonds is 18. The van der Waals surface area contributed by atoms with E-state index in [2.05, 4.69) is 47.0 Å². The van der Waals surface area contributed by atoms with Crippen LogP contribution in [0.2, 0.25) is 0 Å². The molecule has 10 rings (SSSR count). The van der Waals surface area contributed by atoms with Gasteiger partial charge in [0.2, 0.25) is 5.60 Å². The van der Waals surface area contributed by atoms with E-state index in [1.807, 2.05) is 146 Å². The van der Waals surface area contributed by atoms with E-state index in [1.165, 1.54) is 28.0 Å². The van der Waals surface area contributed by atoms with E-state index >= 15 is 4.79 Å². The second-order valence-electron chi connectivity index (χ2n) is 17.2. The topological polar surface area (TPSA) is 131 Å². The number of nitrogens with zero attached hydrogens (tertiary/aromatic N) is 3. The van der Waals surface area contributed by atoms with Gasteiger partial charge in [0.05, 0.1) is 7.11 Å². The Bertz CT molecular complexity index is 3060. The molecule has 1 aromatic heterocycles. The number of carbonyl (C=O) groups excluding carboxylic acids is 3. The Morgan fingerprint density at radius 3 is 1.64 bits per heavy atom. The molecule has 2 aliphatic heterocycles. The molecule has 2 N–H and O–H groups in total. The van der Waals surface area contributed by atoms with Crippen molar-refractivity contribution in [1.29, 1.82) is 0 Å². The van der Waals surface area contributed by atoms with Gasteiger partial charge in [-0.1, -0.05) is 199 Å². The average molecular weight is 1020 g/mol. The number of carbonyl (C=O) groups is 3. The maximum absolute atomic E-state index is 15.2. The van der Waals surface area contributed by atoms with Crippen LogP contribution in [0.3, 0.4) is 0 Å². The van der Waals surface area contributed by atoms with Crippen LogP contribution in [0.25, 0.3) is 0 Å². The number of oxime groups is 1. The predicted octanol–water partition coefficient (Wildman–Crippen LogP) is 10.9. The number of esters is 1. The Labute approximate surface area is 436 Å². The Kier molecular flexibility index (Phi) is 14.5. The summed E-state index contributed by atoms with van der Waals surface area (Å²) in [6, 6.07) is 65.6. The second-order valence-corrected chi connectivity index (χ2v) is 19.4. The zero-order valence-electron chi connectivity index (χ0n) is 39.5. The highest BCUT2D eigenvalue weighted by Crippen LogP contribution is 2.44. The van der Waals surface area contributed by atoms with Gasteiger partial charge in [-0.15, -0.1) is 34.7 Å². The summed E-state index contributed by atoms with van der Waals surface area (Å²) in [5.74, 6) is -0.897. The molecular weight excluding hydrogens is 974 g/mol. The van der Waals surface area contributed by atoms with Crippen LogP contribution in [0.1, 0.15) is 44.6 Å². The fourth-order valence-electron chi connectivity index (χ4n) is 9.30. The van der Waals surface area contributed by atoms with Crippen LogP contribution in [0.4, 0.5) is 5.13 Å². The smallest absolute Gasteiger partial charge is 0.355 e. The molecule has 73 heavy (non-hydrogen) atoms. The Morgan fingerprint density at radius 2 is 1.18 bits per heavy atom. The molecular formula is C59H48ClN5O6S2. The highest BCUT2D eigenvalue weighted by molar-refractivity contribution is 8.00. The van der Waals surface area contributed by atoms with Crippen molar-refractivity contribution in [3.05, 3.63) is 268 Å². The van der Waals surface area contributed by atoms with E-state index < -0.39 is 40.3 Å². The summed E-state index contributed by atoms with van der Waals surface area (Å²) in [6.45, 7) is -0.0359. The number of nitrogens with one attached hydrogen (secondary N) is 2. The number of halogens is 1. The number of hydrogen-bond donors (Lipinski definition) is 2. The van der Waals surface area contributed by atoms with E-state index in [9.17, 15) is 9.59 Å². The zero-order chi connectivity index (χ0) is 50.2. The standard InChI is InChI=1S/C59H48ClN5O6S2/c1-69-48-34-32-40(33-35-48)37-70-56(68)52-41(36-60)38-72-55-51(54(67)65(52)55)62-53(66)50(64-71-59(45-26-14-5-15-27-45,46-28-16-6-17-29-46)47-30-18-7-19-31-47)49-39-73-57(61-49)63-58(42-20-8-2-9-21-42,43-22-10-3-11-23-43)44-24-12-4-13-25-44/h2-35,39,51,55H,36-38H2,1H3,(H,61,63)(H,62,66)/t51-,55-/m1/s1. The van der Waals surface area contributed by atoms with Crippen molar-refractivity contribution in [3.8, 4) is 5.75 Å². The molecule has 0 radical (unpaired) electrons. The fourth-order valence-corrected chi connectivity index (χ4v) is 11.7. The van der Waals surface area contributed by atoms with Crippen LogP contribution in [0, 0.1) is 0 Å². The number of β-lactam (4-membered cyclic amide) rings is 1. The van der Waals surface area contributed by atoms with Gasteiger partial charge in [-0.2, -0.15) is 0 Å². The van der Waals surface area contributed by atoms with Crippen molar-refractivity contribution in [3.63, 3.8) is 0 Å². The van der Waals surface area contributed by atoms with E-state index in [4.69, 9.17) is 36.1 Å². The molecule has 3 heterocycles. The number of fused-ring (bicyclic) bond motifs is 1. The van der Waals surface area contributed by atoms with E-state index in [1.54, 1.807) is 36.8 Å². The average Bonchev–Trinajstić information content (AvgIpc) is 3.93. The van der Waals surface area contributed by atoms with Gasteiger partial charge < -0.3 is 24.9 Å². The van der Waals surface area contributed by atoms with Crippen molar-refractivity contribution in [2.24, 2.45) is 5.16 Å². The SMILES string of the molecule is COc1ccc(COC(=O)C2=C(CCl)CS[C@@H]3[C@H](NC(=O)C(=NOC(c4ccccc4)(c4ccccc4)c4ccccc4)c4csc(NC(c5ccccc5)(c5ccccc5)c5ccccc5)n4)C(=O)N23)cc1. The number of aromatic nitrogens is 1. The largest absolute Gasteiger partial charge is 0.497 e. The summed E-state index contributed by atoms with van der Waals surface area (Å²) >= 11 is 9.09. The number of hydrogen-bond acceptors (Lipinski definition) is 11. The minimum atomic E-state index is -1.36. The number of thiazole rings is 1. The van der Waals surface area contributed by atoms with Crippen molar-refractivity contribution >= 4 is 63.3 Å². The lowest BCUT2D eigenvalue weighted by Crippen LogP contribution is -2.71. The molecule has 11 nitrogen and oxygen atoms in total. The fraction of sp³-hybridized carbons (Fsp3) is 0.136. The summed E-state index contributed by atoms with van der Waals surface area (Å²) in [5, 5.41) is 13.2. The summed E-state index contributed by atoms with van der Waals surface area (Å²) in [7, 11) is 1.57. The lowest BCUT2D eigenvalue weighted by atomic mass is 9.77. The Balaban J connectivity index is 1.03. The van der Waals surface area contributed by atoms with Crippen molar-refractivity contribution < 1.29 is 28.7 Å². The van der Waals surface area contributed by atoms with Gasteiger partial charge in [-0.05, 0) is 40.0 Å². The number of amides is 2. The van der Waals surface area contributed by atoms with Gasteiger partial charge in [-0.25, -0.2) is 9.78 Å². The third-order valence-corrected chi connectivity index (χ3v) is 15.3. The van der Waals surface area contributed by atoms with Crippen molar-refractivity contribution in [2.45, 2.75) is 29.2 Å². The lowest BCUT2D eigenvalue weighted by molar-refractivity contribution is -0.153. The summed E-state index contributed by atoms with van der Waals surface area (Å²) in [6.07, 6.45) is 0. The molecule has 14 heteroatoms. The molecule has 1 saturated heterocycles. The van der Waals surface area contributed by atoms with Gasteiger partial charge in [0.15, 0.2) is 10.8 Å². The predicted molar refractivity (Wildman–Crippen MR) is 287 cm³/mol. The first-order valence-corrected chi connectivity index (χ1v) is 26.0. The molecule has 0 bridgehead atoms. The zero-order valence-corrected chi connectivity index (χ0v) is 41.9. The quantitative estimate of drug-likeness (QED) is 0.0215. The summed E-state index contributed by atoms with van der Waals surface area (Å²) in [5.41, 5.74) is 4.26. The van der Waals surface area contributed by atoms with Crippen molar-refractivity contribution in [2.75, 3.05) is 24.1 Å². The molecule has 0 unspecified atom stereocenters. The van der Waals surface area contributed by atoms with Crippen LogP contribution < -0.4 is 15.4 Å². The molecule has 364 valence electrons. The number of alkyl halides is 1. The minimum absolute atomic E-state index is 0.00787. The van der Waals surface area contributed by atoms with Gasteiger partial charge in [0.1, 0.15) is 40.7 Å². The second kappa shape index (κ2) is 21.8. The first kappa shape index (κ1) is 48.6. The van der Waals surface area contributed by atoms with Gasteiger partial charge in [0.25, 0.3) is 11.8 Å². The number of thioether (sulfide) groups is 1. The summed E-state index contributed by atoms with van der Waals surface area (Å²) < 4.78 is 11.0. The molecule has 8 aromatic rings. The first-order chi connectivity index (χ1) is 35.8. The summed E-state index contributed by atoms with van der Waals surface area (Å²) in [4.78, 5) is 56.8. The molecule has 2 amide bonds. The van der Waals surface area contributed by atoms with Crippen LogP contribution in [0.15, 0.2) is 228 Å². The molecule has 0 aliphatic carbocycles. The van der Waals surface area contributed by atoms with Gasteiger partial charge >= 0.3 is 5.97 Å². The van der Waals surface area contributed by atoms with Crippen LogP contribution >= 0.6 is 34.7 Å². The highest BCUT2D eigenvalue weighted by atomic mass is 35.5. The molecule has 1 fully saturated rings. The van der Waals surface area contributed by atoms with Crippen LogP contribution in [-0.2, 0) is 41.7 Å². The molecule has 0 spiro atoms. The minimum Gasteiger partial charge on any atom is -0.497 e. The molecule has 2 atom stereocenters. The van der Waals surface area contributed by atoms with Crippen molar-refractivity contribution in [1.82, 2.24) is 15.2 Å². The number of benzene rings is 7. The van der Waals surface area contributed by atoms with E-state index in [0.29, 0.717) is 22.2 Å². The number of ether oxygens (including phenoxy) is 2. The maximum Gasteiger partial charge on any atom is 0.355 e. The maximum atomic E-state index is 15.2. The van der Waals surface area contributed by atoms with Gasteiger partial charge in [0, 0.05) is 33.7 Å². The van der Waals surface area contributed by atoms with E-state index in [0.717, 1.165) is 38.9 Å². The Hall–Kier alpha value is -7.97. The third-order valence-electron chi connectivity index (χ3n) is 12.9. The Morgan fingerprint density at radius 1 is 0.699 bits per heavy atom. The van der Waals surface area contributed by atoms with Gasteiger partial charge in [-0.3, -0.25) is 14.5 Å². The lowest BCUT2D eigenvalue weighted by Gasteiger charge is -2.49. The third kappa shape index (κ3) is 9.62. The van der Waals surface area contributed by atoms with Crippen LogP contribution in [0.5, 0.6) is 5.75 Å².